The second-order valence-corrected chi connectivity index (χ2v) is 6.90. The van der Waals surface area contributed by atoms with Gasteiger partial charge in [-0.25, -0.2) is 0 Å². The summed E-state index contributed by atoms with van der Waals surface area (Å²) in [5, 5.41) is 3.07. The number of hydrogen-bond donors (Lipinski definition) is 1. The van der Waals surface area contributed by atoms with E-state index in [2.05, 4.69) is 12.2 Å². The van der Waals surface area contributed by atoms with Gasteiger partial charge in [-0.05, 0) is 44.7 Å². The maximum Gasteiger partial charge on any atom is 0.314 e. The van der Waals surface area contributed by atoms with Crippen molar-refractivity contribution in [2.75, 3.05) is 38.6 Å². The molecule has 1 aliphatic rings. The van der Waals surface area contributed by atoms with E-state index in [0.717, 1.165) is 42.7 Å². The number of likely N-dealkylation sites (N-methyl/N-ethyl adjacent to an activating group) is 1. The van der Waals surface area contributed by atoms with Crippen molar-refractivity contribution in [3.63, 3.8) is 0 Å². The van der Waals surface area contributed by atoms with E-state index < -0.39 is 0 Å². The lowest BCUT2D eigenvalue weighted by atomic mass is 9.95. The summed E-state index contributed by atoms with van der Waals surface area (Å²) in [5.74, 6) is -0.239. The molecule has 1 aromatic rings. The fourth-order valence-corrected chi connectivity index (χ4v) is 3.72. The molecule has 5 nitrogen and oxygen atoms in total. The molecule has 5 heteroatoms. The van der Waals surface area contributed by atoms with Gasteiger partial charge in [0.15, 0.2) is 6.54 Å². The molecule has 0 saturated carbocycles. The van der Waals surface area contributed by atoms with Crippen LogP contribution >= 0.6 is 0 Å². The molecule has 0 aromatic heterocycles. The lowest BCUT2D eigenvalue weighted by Gasteiger charge is -2.42. The number of anilines is 1. The Labute approximate surface area is 144 Å². The quantitative estimate of drug-likeness (QED) is 0.666. The molecule has 1 N–H and O–H groups in total. The molecule has 0 spiro atoms. The summed E-state index contributed by atoms with van der Waals surface area (Å²) in [6, 6.07) is 5.99. The summed E-state index contributed by atoms with van der Waals surface area (Å²) in [7, 11) is 1.44. The highest BCUT2D eigenvalue weighted by molar-refractivity contribution is 5.93. The Kier molecular flexibility index (Phi) is 5.99. The highest BCUT2D eigenvalue weighted by Crippen LogP contribution is 2.25. The molecule has 1 fully saturated rings. The number of aryl methyl sites for hydroxylation is 2. The van der Waals surface area contributed by atoms with Gasteiger partial charge in [0.25, 0.3) is 5.91 Å². The first-order valence-corrected chi connectivity index (χ1v) is 8.70. The second-order valence-electron chi connectivity index (χ2n) is 6.90. The first-order valence-electron chi connectivity index (χ1n) is 8.70. The lowest BCUT2D eigenvalue weighted by Crippen LogP contribution is -2.58. The van der Waals surface area contributed by atoms with Gasteiger partial charge in [-0.1, -0.05) is 18.2 Å². The van der Waals surface area contributed by atoms with Crippen LogP contribution < -0.4 is 5.32 Å². The van der Waals surface area contributed by atoms with Gasteiger partial charge in [-0.15, -0.1) is 0 Å². The van der Waals surface area contributed by atoms with Crippen LogP contribution in [0.3, 0.4) is 0 Å². The fourth-order valence-electron chi connectivity index (χ4n) is 3.72. The molecule has 1 heterocycles. The molecular formula is C19H29N2O3+. The summed E-state index contributed by atoms with van der Waals surface area (Å²) in [5.41, 5.74) is 3.04. The number of quaternary nitrogens is 1. The van der Waals surface area contributed by atoms with Crippen LogP contribution in [0.5, 0.6) is 0 Å². The Balaban J connectivity index is 2.09. The van der Waals surface area contributed by atoms with Crippen molar-refractivity contribution >= 4 is 17.6 Å². The highest BCUT2D eigenvalue weighted by atomic mass is 16.5. The van der Waals surface area contributed by atoms with Crippen LogP contribution in [0.4, 0.5) is 5.69 Å². The van der Waals surface area contributed by atoms with Crippen molar-refractivity contribution in [2.24, 2.45) is 5.92 Å². The molecule has 24 heavy (non-hydrogen) atoms. The third kappa shape index (κ3) is 4.15. The molecule has 132 valence electrons. The monoisotopic (exact) mass is 333 g/mol. The largest absolute Gasteiger partial charge is 0.469 e. The summed E-state index contributed by atoms with van der Waals surface area (Å²) in [6.07, 6.45) is 1.80. The van der Waals surface area contributed by atoms with E-state index in [4.69, 9.17) is 4.74 Å². The standard InChI is InChI=1S/C19H28N2O3/c1-5-21(11-7-10-16(12-21)19(23)24-4)13-17(22)20-18-14(2)8-6-9-15(18)3/h6,8-9,16H,5,7,10-13H2,1-4H3/p+1. The third-order valence-electron chi connectivity index (χ3n) is 5.22. The van der Waals surface area contributed by atoms with Crippen molar-refractivity contribution in [1.82, 2.24) is 0 Å². The van der Waals surface area contributed by atoms with Gasteiger partial charge in [0, 0.05) is 5.69 Å². The Morgan fingerprint density at radius 2 is 1.96 bits per heavy atom. The zero-order valence-electron chi connectivity index (χ0n) is 15.2. The summed E-state index contributed by atoms with van der Waals surface area (Å²) < 4.78 is 5.56. The zero-order valence-corrected chi connectivity index (χ0v) is 15.2. The van der Waals surface area contributed by atoms with E-state index in [1.165, 1.54) is 7.11 Å². The smallest absolute Gasteiger partial charge is 0.314 e. The van der Waals surface area contributed by atoms with Gasteiger partial charge >= 0.3 is 5.97 Å². The molecule has 2 unspecified atom stereocenters. The average molecular weight is 333 g/mol. The Morgan fingerprint density at radius 1 is 1.29 bits per heavy atom. The van der Waals surface area contributed by atoms with Gasteiger partial charge in [0.1, 0.15) is 5.92 Å². The number of likely N-dealkylation sites (tertiary alicyclic amines) is 1. The van der Waals surface area contributed by atoms with E-state index in [1.807, 2.05) is 32.0 Å². The van der Waals surface area contributed by atoms with Crippen molar-refractivity contribution in [3.05, 3.63) is 29.3 Å². The minimum atomic E-state index is -0.152. The number of hydrogen-bond acceptors (Lipinski definition) is 3. The third-order valence-corrected chi connectivity index (χ3v) is 5.22. The van der Waals surface area contributed by atoms with Crippen LogP contribution in [0, 0.1) is 19.8 Å². The van der Waals surface area contributed by atoms with Crippen LogP contribution in [0.15, 0.2) is 18.2 Å². The van der Waals surface area contributed by atoms with E-state index in [9.17, 15) is 9.59 Å². The molecule has 0 aliphatic carbocycles. The van der Waals surface area contributed by atoms with E-state index in [0.29, 0.717) is 17.6 Å². The fraction of sp³-hybridized carbons (Fsp3) is 0.579. The predicted molar refractivity (Wildman–Crippen MR) is 94.7 cm³/mol. The molecular weight excluding hydrogens is 304 g/mol. The van der Waals surface area contributed by atoms with Crippen molar-refractivity contribution < 1.29 is 18.8 Å². The number of amides is 1. The van der Waals surface area contributed by atoms with E-state index in [-0.39, 0.29) is 17.8 Å². The second kappa shape index (κ2) is 7.79. The topological polar surface area (TPSA) is 55.4 Å². The number of para-hydroxylation sites is 1. The minimum absolute atomic E-state index is 0.0137. The van der Waals surface area contributed by atoms with Gasteiger partial charge in [-0.3, -0.25) is 9.59 Å². The maximum absolute atomic E-state index is 12.7. The highest BCUT2D eigenvalue weighted by Gasteiger charge is 2.39. The van der Waals surface area contributed by atoms with Crippen LogP contribution in [-0.4, -0.2) is 49.6 Å². The van der Waals surface area contributed by atoms with Gasteiger partial charge in [0.2, 0.25) is 0 Å². The number of methoxy groups -OCH3 is 1. The van der Waals surface area contributed by atoms with Crippen LogP contribution in [0.25, 0.3) is 0 Å². The first-order chi connectivity index (χ1) is 11.4. The summed E-state index contributed by atoms with van der Waals surface area (Å²) in [6.45, 7) is 8.95. The summed E-state index contributed by atoms with van der Waals surface area (Å²) in [4.78, 5) is 24.6. The number of nitrogens with one attached hydrogen (secondary N) is 1. The summed E-state index contributed by atoms with van der Waals surface area (Å²) >= 11 is 0. The number of benzene rings is 1. The number of ether oxygens (including phenoxy) is 1. The zero-order chi connectivity index (χ0) is 17.7. The first kappa shape index (κ1) is 18.5. The maximum atomic E-state index is 12.7. The van der Waals surface area contributed by atoms with Crippen molar-refractivity contribution in [2.45, 2.75) is 33.6 Å². The van der Waals surface area contributed by atoms with Gasteiger partial charge < -0.3 is 14.5 Å². The Morgan fingerprint density at radius 3 is 2.54 bits per heavy atom. The predicted octanol–water partition coefficient (Wildman–Crippen LogP) is 2.66. The average Bonchev–Trinajstić information content (AvgIpc) is 2.57. The molecule has 2 rings (SSSR count). The number of carbonyl (C=O) groups excluding carboxylic acids is 2. The molecule has 1 amide bonds. The van der Waals surface area contributed by atoms with Gasteiger partial charge in [0.05, 0.1) is 26.7 Å². The molecule has 1 saturated heterocycles. The minimum Gasteiger partial charge on any atom is -0.469 e. The number of carbonyl (C=O) groups is 2. The number of rotatable bonds is 5. The number of nitrogens with zero attached hydrogens (tertiary/aromatic N) is 1. The van der Waals surface area contributed by atoms with Crippen molar-refractivity contribution in [1.29, 1.82) is 0 Å². The Hall–Kier alpha value is -1.88. The van der Waals surface area contributed by atoms with Crippen LogP contribution in [-0.2, 0) is 14.3 Å². The molecule has 1 aromatic carbocycles. The molecule has 0 radical (unpaired) electrons. The molecule has 1 aliphatic heterocycles. The van der Waals surface area contributed by atoms with E-state index >= 15 is 0 Å². The normalized spacial score (nSPS) is 23.6. The Bertz CT molecular complexity index is 594. The number of esters is 1. The molecule has 0 bridgehead atoms. The van der Waals surface area contributed by atoms with Gasteiger partial charge in [-0.2, -0.15) is 0 Å². The van der Waals surface area contributed by atoms with Crippen LogP contribution in [0.2, 0.25) is 0 Å². The molecule has 2 atom stereocenters. The van der Waals surface area contributed by atoms with E-state index in [1.54, 1.807) is 0 Å². The van der Waals surface area contributed by atoms with Crippen molar-refractivity contribution in [3.8, 4) is 0 Å². The number of piperidine rings is 1. The van der Waals surface area contributed by atoms with Crippen LogP contribution in [0.1, 0.15) is 30.9 Å². The SMILES string of the molecule is CC[N+]1(CC(=O)Nc2c(C)cccc2C)CCCC(C(=O)OC)C1. The lowest BCUT2D eigenvalue weighted by molar-refractivity contribution is -0.925.